The molecule has 1 nitrogen and oxygen atoms in total. The number of hydrogen-bond donors (Lipinski definition) is 0. The second-order valence-electron chi connectivity index (χ2n) is 11.3. The zero-order chi connectivity index (χ0) is 31.2. The monoisotopic (exact) mass is 581 g/mol. The number of allylic oxidation sites excluding steroid dienone is 7. The summed E-state index contributed by atoms with van der Waals surface area (Å²) in [6, 6.07) is 48.3. The van der Waals surface area contributed by atoms with Crippen LogP contribution in [0.1, 0.15) is 32.8 Å². The highest BCUT2D eigenvalue weighted by Gasteiger charge is 2.17. The molecule has 0 N–H and O–H groups in total. The molecule has 220 valence electrons. The summed E-state index contributed by atoms with van der Waals surface area (Å²) in [5.41, 5.74) is 10.6. The smallest absolute Gasteiger partial charge is 0.0540 e. The van der Waals surface area contributed by atoms with Gasteiger partial charge in [0.15, 0.2) is 0 Å². The fraction of sp³-hybridized carbons (Fsp3) is 0.0909. The van der Waals surface area contributed by atoms with Crippen molar-refractivity contribution in [2.75, 3.05) is 4.90 Å². The van der Waals surface area contributed by atoms with E-state index in [0.717, 1.165) is 23.5 Å². The van der Waals surface area contributed by atoms with E-state index in [1.54, 1.807) is 0 Å². The zero-order valence-electron chi connectivity index (χ0n) is 26.4. The summed E-state index contributed by atoms with van der Waals surface area (Å²) >= 11 is 0. The molecule has 1 heteroatoms. The van der Waals surface area contributed by atoms with Crippen LogP contribution >= 0.6 is 0 Å². The van der Waals surface area contributed by atoms with Crippen molar-refractivity contribution in [1.82, 2.24) is 0 Å². The molecule has 0 radical (unpaired) electrons. The van der Waals surface area contributed by atoms with Gasteiger partial charge in [0.2, 0.25) is 0 Å². The standard InChI is InChI=1S/C44H39N/c1-5-14-39(32(4)7-3)40(15-6-2)35-24-28-37(29-25-35)45(44-23-13-19-34-17-9-11-21-43(34)44)38-30-26-36(27-31-38)42-22-12-18-33-16-8-10-20-41(33)42/h5,7-31H,3,6H2,1-2,4H3/b14-5-,39-32+,40-15-. The number of anilines is 3. The molecule has 0 unspecified atom stereocenters. The van der Waals surface area contributed by atoms with Gasteiger partial charge in [-0.2, -0.15) is 0 Å². The van der Waals surface area contributed by atoms with Crippen molar-refractivity contribution >= 4 is 44.2 Å². The first-order valence-corrected chi connectivity index (χ1v) is 15.8. The molecule has 6 aromatic carbocycles. The minimum Gasteiger partial charge on any atom is -0.310 e. The summed E-state index contributed by atoms with van der Waals surface area (Å²) < 4.78 is 0. The number of fused-ring (bicyclic) bond motifs is 2. The first kappa shape index (κ1) is 29.7. The predicted octanol–water partition coefficient (Wildman–Crippen LogP) is 13.0. The van der Waals surface area contributed by atoms with Crippen LogP contribution in [-0.2, 0) is 0 Å². The van der Waals surface area contributed by atoms with Gasteiger partial charge in [-0.15, -0.1) is 0 Å². The summed E-state index contributed by atoms with van der Waals surface area (Å²) in [6.07, 6.45) is 9.49. The Kier molecular flexibility index (Phi) is 8.89. The van der Waals surface area contributed by atoms with E-state index in [2.05, 4.69) is 184 Å². The van der Waals surface area contributed by atoms with E-state index in [-0.39, 0.29) is 0 Å². The molecular weight excluding hydrogens is 542 g/mol. The quantitative estimate of drug-likeness (QED) is 0.154. The molecule has 45 heavy (non-hydrogen) atoms. The number of nitrogens with zero attached hydrogens (tertiary/aromatic N) is 1. The van der Waals surface area contributed by atoms with Gasteiger partial charge < -0.3 is 4.90 Å². The van der Waals surface area contributed by atoms with Crippen molar-refractivity contribution in [1.29, 1.82) is 0 Å². The molecule has 0 saturated carbocycles. The maximum atomic E-state index is 4.04. The van der Waals surface area contributed by atoms with Gasteiger partial charge in [-0.1, -0.05) is 141 Å². The minimum absolute atomic E-state index is 0.952. The van der Waals surface area contributed by atoms with E-state index in [1.165, 1.54) is 55.0 Å². The van der Waals surface area contributed by atoms with E-state index in [9.17, 15) is 0 Å². The van der Waals surface area contributed by atoms with Gasteiger partial charge in [0.05, 0.1) is 5.69 Å². The molecular formula is C44H39N. The van der Waals surface area contributed by atoms with Crippen LogP contribution in [0.25, 0.3) is 38.2 Å². The number of benzene rings is 6. The maximum Gasteiger partial charge on any atom is 0.0540 e. The van der Waals surface area contributed by atoms with Crippen LogP contribution in [-0.4, -0.2) is 0 Å². The third-order valence-electron chi connectivity index (χ3n) is 8.43. The molecule has 0 aliphatic heterocycles. The maximum absolute atomic E-state index is 4.04. The van der Waals surface area contributed by atoms with Gasteiger partial charge in [0, 0.05) is 16.8 Å². The summed E-state index contributed by atoms with van der Waals surface area (Å²) in [5.74, 6) is 0. The van der Waals surface area contributed by atoms with Crippen molar-refractivity contribution in [2.45, 2.75) is 27.2 Å². The van der Waals surface area contributed by atoms with Crippen molar-refractivity contribution in [3.8, 4) is 11.1 Å². The van der Waals surface area contributed by atoms with Crippen LogP contribution in [0.2, 0.25) is 0 Å². The average molecular weight is 582 g/mol. The Balaban J connectivity index is 1.47. The van der Waals surface area contributed by atoms with Crippen LogP contribution in [0.5, 0.6) is 0 Å². The molecule has 0 aliphatic rings. The minimum atomic E-state index is 0.952. The van der Waals surface area contributed by atoms with Gasteiger partial charge in [0.25, 0.3) is 0 Å². The molecule has 6 rings (SSSR count). The summed E-state index contributed by atoms with van der Waals surface area (Å²) in [7, 11) is 0. The fourth-order valence-electron chi connectivity index (χ4n) is 6.19. The average Bonchev–Trinajstić information content (AvgIpc) is 3.10. The van der Waals surface area contributed by atoms with Crippen molar-refractivity contribution in [3.05, 3.63) is 181 Å². The van der Waals surface area contributed by atoms with E-state index < -0.39 is 0 Å². The largest absolute Gasteiger partial charge is 0.310 e. The second kappa shape index (κ2) is 13.5. The Labute approximate surface area is 267 Å². The van der Waals surface area contributed by atoms with E-state index in [0.29, 0.717) is 0 Å². The van der Waals surface area contributed by atoms with Crippen LogP contribution in [0.3, 0.4) is 0 Å². The van der Waals surface area contributed by atoms with Crippen LogP contribution in [0, 0.1) is 0 Å². The van der Waals surface area contributed by atoms with Crippen LogP contribution in [0.15, 0.2) is 175 Å². The molecule has 0 aromatic heterocycles. The zero-order valence-corrected chi connectivity index (χ0v) is 26.4. The fourth-order valence-corrected chi connectivity index (χ4v) is 6.19. The number of hydrogen-bond acceptors (Lipinski definition) is 1. The SMILES string of the molecule is C=C/C(C)=C(\C=C/C)C(=C\CC)/c1ccc(N(c2ccc(-c3cccc4ccccc34)cc2)c2cccc3ccccc23)cc1. The van der Waals surface area contributed by atoms with E-state index >= 15 is 0 Å². The predicted molar refractivity (Wildman–Crippen MR) is 198 cm³/mol. The molecule has 0 aliphatic carbocycles. The molecule has 0 bridgehead atoms. The molecule has 0 amide bonds. The topological polar surface area (TPSA) is 3.24 Å². The van der Waals surface area contributed by atoms with E-state index in [4.69, 9.17) is 0 Å². The van der Waals surface area contributed by atoms with Gasteiger partial charge in [-0.25, -0.2) is 0 Å². The lowest BCUT2D eigenvalue weighted by molar-refractivity contribution is 1.22. The molecule has 0 fully saturated rings. The highest BCUT2D eigenvalue weighted by molar-refractivity contribution is 6.00. The molecule has 0 heterocycles. The highest BCUT2D eigenvalue weighted by atomic mass is 15.1. The summed E-state index contributed by atoms with van der Waals surface area (Å²) in [5, 5.41) is 4.96. The van der Waals surface area contributed by atoms with E-state index in [1.807, 2.05) is 6.08 Å². The first-order valence-electron chi connectivity index (χ1n) is 15.8. The number of rotatable bonds is 9. The lowest BCUT2D eigenvalue weighted by Crippen LogP contribution is -2.10. The van der Waals surface area contributed by atoms with Crippen molar-refractivity contribution in [3.63, 3.8) is 0 Å². The van der Waals surface area contributed by atoms with Crippen LogP contribution in [0.4, 0.5) is 17.1 Å². The van der Waals surface area contributed by atoms with Gasteiger partial charge in [0.1, 0.15) is 0 Å². The molecule has 6 aromatic rings. The van der Waals surface area contributed by atoms with Crippen LogP contribution < -0.4 is 4.90 Å². The van der Waals surface area contributed by atoms with Gasteiger partial charge in [-0.3, -0.25) is 0 Å². The lowest BCUT2D eigenvalue weighted by Gasteiger charge is -2.27. The Morgan fingerprint density at radius 2 is 1.24 bits per heavy atom. The molecule has 0 atom stereocenters. The lowest BCUT2D eigenvalue weighted by atomic mass is 9.92. The van der Waals surface area contributed by atoms with Gasteiger partial charge in [-0.05, 0) is 100 Å². The molecule has 0 spiro atoms. The Morgan fingerprint density at radius 1 is 0.667 bits per heavy atom. The normalized spacial score (nSPS) is 12.5. The first-order chi connectivity index (χ1) is 22.1. The molecule has 0 saturated heterocycles. The third kappa shape index (κ3) is 6.03. The van der Waals surface area contributed by atoms with Gasteiger partial charge >= 0.3 is 0 Å². The third-order valence-corrected chi connectivity index (χ3v) is 8.43. The summed E-state index contributed by atoms with van der Waals surface area (Å²) in [4.78, 5) is 2.37. The Hall–Kier alpha value is -5.40. The second-order valence-corrected chi connectivity index (χ2v) is 11.3. The Morgan fingerprint density at radius 3 is 1.89 bits per heavy atom. The van der Waals surface area contributed by atoms with Crippen molar-refractivity contribution < 1.29 is 0 Å². The highest BCUT2D eigenvalue weighted by Crippen LogP contribution is 2.41. The Bertz CT molecular complexity index is 2040. The summed E-state index contributed by atoms with van der Waals surface area (Å²) in [6.45, 7) is 10.4. The van der Waals surface area contributed by atoms with Crippen molar-refractivity contribution in [2.24, 2.45) is 0 Å².